The van der Waals surface area contributed by atoms with Crippen molar-refractivity contribution in [1.29, 1.82) is 0 Å². The van der Waals surface area contributed by atoms with E-state index in [1.807, 2.05) is 0 Å². The van der Waals surface area contributed by atoms with Crippen LogP contribution in [0.1, 0.15) is 20.3 Å². The van der Waals surface area contributed by atoms with E-state index in [2.05, 4.69) is 5.32 Å². The highest BCUT2D eigenvalue weighted by Gasteiger charge is 2.30. The number of aliphatic carboxylic acids is 1. The van der Waals surface area contributed by atoms with E-state index in [4.69, 9.17) is 16.7 Å². The normalized spacial score (nSPS) is 10.9. The molecule has 2 N–H and O–H groups in total. The molecule has 0 spiro atoms. The summed E-state index contributed by atoms with van der Waals surface area (Å²) in [4.78, 5) is 32.9. The first-order valence-electron chi connectivity index (χ1n) is 5.60. The molecule has 0 atom stereocenters. The molecule has 0 bridgehead atoms. The quantitative estimate of drug-likeness (QED) is 0.641. The number of carbonyl (C=O) groups is 2. The zero-order valence-corrected chi connectivity index (χ0v) is 11.6. The number of amides is 1. The molecule has 0 heterocycles. The summed E-state index contributed by atoms with van der Waals surface area (Å²) in [6.07, 6.45) is -0.303. The molecule has 0 aliphatic rings. The standard InChI is InChI=1S/C12H13ClN2O5/c1-12(2,11(17)18)6-10(16)14-8-4-3-7(13)5-9(8)15(19)20/h3-5H,6H2,1-2H3,(H,14,16)(H,17,18). The average Bonchev–Trinajstić information content (AvgIpc) is 2.30. The molecule has 1 rings (SSSR count). The van der Waals surface area contributed by atoms with Crippen molar-refractivity contribution in [2.45, 2.75) is 20.3 Å². The molecule has 0 saturated heterocycles. The number of carbonyl (C=O) groups excluding carboxylic acids is 1. The summed E-state index contributed by atoms with van der Waals surface area (Å²) >= 11 is 5.65. The zero-order valence-electron chi connectivity index (χ0n) is 10.8. The molecule has 20 heavy (non-hydrogen) atoms. The number of hydrogen-bond acceptors (Lipinski definition) is 4. The molecule has 1 aromatic rings. The summed E-state index contributed by atoms with van der Waals surface area (Å²) in [5.41, 5.74) is -1.63. The Balaban J connectivity index is 2.92. The number of anilines is 1. The van der Waals surface area contributed by atoms with Crippen LogP contribution in [-0.2, 0) is 9.59 Å². The van der Waals surface area contributed by atoms with E-state index in [0.717, 1.165) is 6.07 Å². The Morgan fingerprint density at radius 3 is 2.55 bits per heavy atom. The van der Waals surface area contributed by atoms with Gasteiger partial charge in [-0.15, -0.1) is 0 Å². The van der Waals surface area contributed by atoms with Crippen molar-refractivity contribution in [3.63, 3.8) is 0 Å². The topological polar surface area (TPSA) is 110 Å². The Bertz CT molecular complexity index is 571. The lowest BCUT2D eigenvalue weighted by Gasteiger charge is -2.18. The lowest BCUT2D eigenvalue weighted by Crippen LogP contribution is -2.29. The number of halogens is 1. The second kappa shape index (κ2) is 5.87. The molecule has 0 aliphatic heterocycles. The van der Waals surface area contributed by atoms with Crippen molar-refractivity contribution in [3.05, 3.63) is 33.3 Å². The molecule has 8 heteroatoms. The Hall–Kier alpha value is -2.15. The number of nitrogens with one attached hydrogen (secondary N) is 1. The minimum absolute atomic E-state index is 0.0226. The fourth-order valence-corrected chi connectivity index (χ4v) is 1.60. The van der Waals surface area contributed by atoms with Gasteiger partial charge in [0, 0.05) is 17.5 Å². The highest BCUT2D eigenvalue weighted by Crippen LogP contribution is 2.29. The predicted octanol–water partition coefficient (Wildman–Crippen LogP) is 2.69. The molecule has 0 aliphatic carbocycles. The van der Waals surface area contributed by atoms with Crippen molar-refractivity contribution >= 4 is 34.9 Å². The SMILES string of the molecule is CC(C)(CC(=O)Nc1ccc(Cl)cc1[N+](=O)[O-])C(=O)O. The van der Waals surface area contributed by atoms with Gasteiger partial charge in [-0.3, -0.25) is 19.7 Å². The number of carboxylic acids is 1. The van der Waals surface area contributed by atoms with Gasteiger partial charge in [0.1, 0.15) is 5.69 Å². The maximum Gasteiger partial charge on any atom is 0.309 e. The number of benzene rings is 1. The minimum atomic E-state index is -1.26. The second-order valence-electron chi connectivity index (χ2n) is 4.83. The smallest absolute Gasteiger partial charge is 0.309 e. The summed E-state index contributed by atoms with van der Waals surface area (Å²) in [6.45, 7) is 2.79. The molecule has 1 aromatic carbocycles. The molecule has 1 amide bonds. The van der Waals surface area contributed by atoms with E-state index < -0.39 is 22.2 Å². The first-order valence-corrected chi connectivity index (χ1v) is 5.98. The van der Waals surface area contributed by atoms with Crippen molar-refractivity contribution in [2.75, 3.05) is 5.32 Å². The third-order valence-electron chi connectivity index (χ3n) is 2.61. The highest BCUT2D eigenvalue weighted by molar-refractivity contribution is 6.31. The fourth-order valence-electron chi connectivity index (χ4n) is 1.43. The number of nitro benzene ring substituents is 1. The second-order valence-corrected chi connectivity index (χ2v) is 5.27. The van der Waals surface area contributed by atoms with Gasteiger partial charge >= 0.3 is 5.97 Å². The van der Waals surface area contributed by atoms with Crippen LogP contribution in [0.5, 0.6) is 0 Å². The summed E-state index contributed by atoms with van der Waals surface area (Å²) in [5.74, 6) is -1.75. The molecule has 0 unspecified atom stereocenters. The molecule has 0 saturated carbocycles. The van der Waals surface area contributed by atoms with Crippen LogP contribution in [-0.4, -0.2) is 21.9 Å². The number of nitrogens with zero attached hydrogens (tertiary/aromatic N) is 1. The number of rotatable bonds is 5. The van der Waals surface area contributed by atoms with Crippen molar-refractivity contribution in [1.82, 2.24) is 0 Å². The van der Waals surface area contributed by atoms with Crippen molar-refractivity contribution in [3.8, 4) is 0 Å². The first-order chi connectivity index (χ1) is 9.13. The van der Waals surface area contributed by atoms with Gasteiger partial charge in [-0.05, 0) is 26.0 Å². The molecule has 7 nitrogen and oxygen atoms in total. The van der Waals surface area contributed by atoms with Crippen molar-refractivity contribution in [2.24, 2.45) is 5.41 Å². The van der Waals surface area contributed by atoms with Crippen LogP contribution in [0.15, 0.2) is 18.2 Å². The summed E-state index contributed by atoms with van der Waals surface area (Å²) in [7, 11) is 0. The first kappa shape index (κ1) is 15.9. The Morgan fingerprint density at radius 2 is 2.05 bits per heavy atom. The molecule has 0 radical (unpaired) electrons. The lowest BCUT2D eigenvalue weighted by atomic mass is 9.89. The predicted molar refractivity (Wildman–Crippen MR) is 72.8 cm³/mol. The van der Waals surface area contributed by atoms with Crippen LogP contribution in [0.4, 0.5) is 11.4 Å². The monoisotopic (exact) mass is 300 g/mol. The van der Waals surface area contributed by atoms with Gasteiger partial charge in [0.25, 0.3) is 5.69 Å². The third kappa shape index (κ3) is 3.92. The van der Waals surface area contributed by atoms with E-state index in [9.17, 15) is 19.7 Å². The lowest BCUT2D eigenvalue weighted by molar-refractivity contribution is -0.383. The number of carboxylic acid groups (broad SMARTS) is 1. The largest absolute Gasteiger partial charge is 0.481 e. The van der Waals surface area contributed by atoms with Gasteiger partial charge in [-0.1, -0.05) is 11.6 Å². The number of hydrogen-bond donors (Lipinski definition) is 2. The average molecular weight is 301 g/mol. The zero-order chi connectivity index (χ0) is 15.5. The third-order valence-corrected chi connectivity index (χ3v) is 2.85. The Kier molecular flexibility index (Phi) is 4.67. The van der Waals surface area contributed by atoms with Gasteiger partial charge in [-0.2, -0.15) is 0 Å². The van der Waals surface area contributed by atoms with E-state index in [1.54, 1.807) is 0 Å². The van der Waals surface area contributed by atoms with Crippen LogP contribution in [0.2, 0.25) is 5.02 Å². The maximum absolute atomic E-state index is 11.8. The van der Waals surface area contributed by atoms with Crippen LogP contribution >= 0.6 is 11.6 Å². The minimum Gasteiger partial charge on any atom is -0.481 e. The van der Waals surface area contributed by atoms with Crippen LogP contribution in [0.3, 0.4) is 0 Å². The van der Waals surface area contributed by atoms with Gasteiger partial charge in [0.2, 0.25) is 5.91 Å². The summed E-state index contributed by atoms with van der Waals surface area (Å²) in [6, 6.07) is 3.80. The van der Waals surface area contributed by atoms with E-state index in [0.29, 0.717) is 0 Å². The summed E-state index contributed by atoms with van der Waals surface area (Å²) in [5, 5.41) is 22.3. The Labute approximate surface area is 119 Å². The van der Waals surface area contributed by atoms with Gasteiger partial charge in [-0.25, -0.2) is 0 Å². The van der Waals surface area contributed by atoms with E-state index >= 15 is 0 Å². The van der Waals surface area contributed by atoms with Gasteiger partial charge in [0.05, 0.1) is 10.3 Å². The highest BCUT2D eigenvalue weighted by atomic mass is 35.5. The molecule has 108 valence electrons. The molecule has 0 fully saturated rings. The van der Waals surface area contributed by atoms with Crippen LogP contribution in [0, 0.1) is 15.5 Å². The molecule has 0 aromatic heterocycles. The summed E-state index contributed by atoms with van der Waals surface area (Å²) < 4.78 is 0. The fraction of sp³-hybridized carbons (Fsp3) is 0.333. The number of nitro groups is 1. The van der Waals surface area contributed by atoms with Gasteiger partial charge < -0.3 is 10.4 Å². The van der Waals surface area contributed by atoms with Crippen molar-refractivity contribution < 1.29 is 19.6 Å². The van der Waals surface area contributed by atoms with Crippen LogP contribution in [0.25, 0.3) is 0 Å². The van der Waals surface area contributed by atoms with Crippen LogP contribution < -0.4 is 5.32 Å². The van der Waals surface area contributed by atoms with E-state index in [-0.39, 0.29) is 22.8 Å². The van der Waals surface area contributed by atoms with Gasteiger partial charge in [0.15, 0.2) is 0 Å². The molecular weight excluding hydrogens is 288 g/mol. The van der Waals surface area contributed by atoms with E-state index in [1.165, 1.54) is 26.0 Å². The Morgan fingerprint density at radius 1 is 1.45 bits per heavy atom. The molecular formula is C12H13ClN2O5. The maximum atomic E-state index is 11.8.